The van der Waals surface area contributed by atoms with Crippen LogP contribution < -0.4 is 0 Å². The van der Waals surface area contributed by atoms with E-state index in [1.54, 1.807) is 0 Å². The molecule has 34 heavy (non-hydrogen) atoms. The van der Waals surface area contributed by atoms with Crippen LogP contribution in [-0.2, 0) is 0 Å². The summed E-state index contributed by atoms with van der Waals surface area (Å²) in [4.78, 5) is 7.78. The van der Waals surface area contributed by atoms with Crippen molar-refractivity contribution in [2.24, 2.45) is 0 Å². The van der Waals surface area contributed by atoms with Crippen LogP contribution >= 0.6 is 11.6 Å². The SMILES string of the molecule is Cc1c(-c2cnc3[nH]cc(C(C)c4c(Cl)ccc(F)c4O)c3c2)cnn1C1CCC(C)(O)CC1. The fourth-order valence-corrected chi connectivity index (χ4v) is 5.51. The van der Waals surface area contributed by atoms with E-state index in [9.17, 15) is 14.6 Å². The highest BCUT2D eigenvalue weighted by atomic mass is 35.5. The average molecular weight is 483 g/mol. The number of pyridine rings is 1. The van der Waals surface area contributed by atoms with Crippen molar-refractivity contribution in [3.63, 3.8) is 0 Å². The van der Waals surface area contributed by atoms with E-state index < -0.39 is 17.2 Å². The van der Waals surface area contributed by atoms with E-state index in [0.29, 0.717) is 16.2 Å². The van der Waals surface area contributed by atoms with E-state index in [4.69, 9.17) is 11.6 Å². The first-order valence-corrected chi connectivity index (χ1v) is 11.9. The summed E-state index contributed by atoms with van der Waals surface area (Å²) in [7, 11) is 0. The Morgan fingerprint density at radius 2 is 2.00 bits per heavy atom. The number of nitrogens with one attached hydrogen (secondary N) is 1. The fourth-order valence-electron chi connectivity index (χ4n) is 5.20. The predicted molar refractivity (Wildman–Crippen MR) is 131 cm³/mol. The quantitative estimate of drug-likeness (QED) is 0.321. The molecule has 5 rings (SSSR count). The molecule has 0 saturated heterocycles. The highest BCUT2D eigenvalue weighted by molar-refractivity contribution is 6.31. The van der Waals surface area contributed by atoms with Crippen LogP contribution in [0.5, 0.6) is 5.75 Å². The van der Waals surface area contributed by atoms with Crippen LogP contribution in [0.1, 0.15) is 68.3 Å². The summed E-state index contributed by atoms with van der Waals surface area (Å²) in [6.45, 7) is 5.85. The van der Waals surface area contributed by atoms with Gasteiger partial charge in [0.1, 0.15) is 5.65 Å². The Balaban J connectivity index is 1.51. The summed E-state index contributed by atoms with van der Waals surface area (Å²) in [6.07, 6.45) is 8.83. The Kier molecular flexibility index (Phi) is 5.65. The summed E-state index contributed by atoms with van der Waals surface area (Å²) in [5.74, 6) is -1.48. The highest BCUT2D eigenvalue weighted by Crippen LogP contribution is 2.41. The number of hydrogen-bond acceptors (Lipinski definition) is 4. The molecule has 1 aromatic carbocycles. The zero-order valence-corrected chi connectivity index (χ0v) is 20.2. The molecule has 1 aliphatic rings. The van der Waals surface area contributed by atoms with E-state index >= 15 is 0 Å². The molecule has 0 amide bonds. The van der Waals surface area contributed by atoms with Crippen LogP contribution in [0.25, 0.3) is 22.2 Å². The lowest BCUT2D eigenvalue weighted by Gasteiger charge is -2.33. The van der Waals surface area contributed by atoms with Crippen molar-refractivity contribution < 1.29 is 14.6 Å². The Labute approximate surface area is 202 Å². The molecule has 1 fully saturated rings. The number of fused-ring (bicyclic) bond motifs is 1. The van der Waals surface area contributed by atoms with Crippen LogP contribution in [0.2, 0.25) is 5.02 Å². The van der Waals surface area contributed by atoms with Crippen molar-refractivity contribution in [3.05, 3.63) is 64.5 Å². The van der Waals surface area contributed by atoms with Crippen molar-refractivity contribution in [3.8, 4) is 16.9 Å². The third kappa shape index (κ3) is 3.87. The van der Waals surface area contributed by atoms with Gasteiger partial charge in [0.05, 0.1) is 17.8 Å². The second kappa shape index (κ2) is 8.40. The maximum Gasteiger partial charge on any atom is 0.165 e. The molecule has 3 aromatic heterocycles. The number of aromatic nitrogens is 4. The molecule has 178 valence electrons. The van der Waals surface area contributed by atoms with E-state index in [2.05, 4.69) is 32.7 Å². The Hall–Kier alpha value is -2.90. The van der Waals surface area contributed by atoms with Crippen molar-refractivity contribution in [2.45, 2.75) is 64.0 Å². The molecule has 8 heteroatoms. The molecule has 4 aromatic rings. The van der Waals surface area contributed by atoms with Gasteiger partial charge in [-0.1, -0.05) is 18.5 Å². The lowest BCUT2D eigenvalue weighted by Crippen LogP contribution is -2.31. The zero-order valence-electron chi connectivity index (χ0n) is 19.4. The monoisotopic (exact) mass is 482 g/mol. The predicted octanol–water partition coefficient (Wildman–Crippen LogP) is 6.25. The number of benzene rings is 1. The molecule has 1 saturated carbocycles. The number of hydrogen-bond donors (Lipinski definition) is 3. The third-order valence-corrected chi connectivity index (χ3v) is 7.64. The lowest BCUT2D eigenvalue weighted by atomic mass is 9.83. The number of H-pyrrole nitrogens is 1. The minimum absolute atomic E-state index is 0.270. The molecule has 6 nitrogen and oxygen atoms in total. The van der Waals surface area contributed by atoms with Gasteiger partial charge < -0.3 is 15.2 Å². The van der Waals surface area contributed by atoms with E-state index in [-0.39, 0.29) is 12.0 Å². The van der Waals surface area contributed by atoms with Crippen molar-refractivity contribution >= 4 is 22.6 Å². The molecule has 3 N–H and O–H groups in total. The number of aromatic hydroxyl groups is 1. The Bertz CT molecular complexity index is 1370. The second-order valence-corrected chi connectivity index (χ2v) is 10.1. The van der Waals surface area contributed by atoms with Gasteiger partial charge in [0.25, 0.3) is 0 Å². The summed E-state index contributed by atoms with van der Waals surface area (Å²) in [6, 6.07) is 4.95. The topological polar surface area (TPSA) is 87.0 Å². The smallest absolute Gasteiger partial charge is 0.165 e. The molecular weight excluding hydrogens is 455 g/mol. The van der Waals surface area contributed by atoms with E-state index in [1.807, 2.05) is 32.4 Å². The van der Waals surface area contributed by atoms with Gasteiger partial charge in [0.15, 0.2) is 11.6 Å². The lowest BCUT2D eigenvalue weighted by molar-refractivity contribution is 0.00826. The first-order valence-electron chi connectivity index (χ1n) is 11.6. The number of halogens is 2. The van der Waals surface area contributed by atoms with Gasteiger partial charge in [-0.25, -0.2) is 9.37 Å². The van der Waals surface area contributed by atoms with Gasteiger partial charge in [-0.2, -0.15) is 5.10 Å². The van der Waals surface area contributed by atoms with Gasteiger partial charge >= 0.3 is 0 Å². The zero-order chi connectivity index (χ0) is 24.2. The van der Waals surface area contributed by atoms with Crippen LogP contribution in [0.15, 0.2) is 36.8 Å². The van der Waals surface area contributed by atoms with Gasteiger partial charge in [0, 0.05) is 51.1 Å². The largest absolute Gasteiger partial charge is 0.505 e. The summed E-state index contributed by atoms with van der Waals surface area (Å²) in [5.41, 5.74) is 4.33. The number of nitrogens with zero attached hydrogens (tertiary/aromatic N) is 3. The highest BCUT2D eigenvalue weighted by Gasteiger charge is 2.31. The molecule has 0 aliphatic heterocycles. The number of phenols is 1. The third-order valence-electron chi connectivity index (χ3n) is 7.31. The Morgan fingerprint density at radius 1 is 1.26 bits per heavy atom. The molecule has 1 aliphatic carbocycles. The first kappa shape index (κ1) is 22.9. The van der Waals surface area contributed by atoms with Crippen LogP contribution in [0, 0.1) is 12.7 Å². The Morgan fingerprint density at radius 3 is 2.74 bits per heavy atom. The molecule has 0 bridgehead atoms. The van der Waals surface area contributed by atoms with Gasteiger partial charge in [-0.3, -0.25) is 4.68 Å². The first-order chi connectivity index (χ1) is 16.2. The molecule has 1 atom stereocenters. The molecular formula is C26H28ClFN4O2. The van der Waals surface area contributed by atoms with Crippen molar-refractivity contribution in [2.75, 3.05) is 0 Å². The normalized spacial score (nSPS) is 21.8. The molecule has 3 heterocycles. The number of aliphatic hydroxyl groups is 1. The summed E-state index contributed by atoms with van der Waals surface area (Å²) < 4.78 is 16.1. The van der Waals surface area contributed by atoms with Crippen LogP contribution in [0.4, 0.5) is 4.39 Å². The number of aromatic amines is 1. The number of phenolic OH excluding ortho intramolecular Hbond substituents is 1. The average Bonchev–Trinajstić information content (AvgIpc) is 3.39. The van der Waals surface area contributed by atoms with E-state index in [0.717, 1.165) is 59.5 Å². The standard InChI is InChI=1S/C26H28ClFN4O2/c1-14(23-21(27)4-5-22(28)24(23)33)19-12-30-25-18(19)10-16(11-29-25)20-13-31-32(15(20)2)17-6-8-26(3,34)9-7-17/h4-5,10-14,17,33-34H,6-9H2,1-3H3,(H,29,30). The minimum Gasteiger partial charge on any atom is -0.505 e. The van der Waals surface area contributed by atoms with Gasteiger partial charge in [-0.15, -0.1) is 0 Å². The molecule has 0 radical (unpaired) electrons. The molecule has 1 unspecified atom stereocenters. The minimum atomic E-state index is -0.697. The van der Waals surface area contributed by atoms with Crippen molar-refractivity contribution in [1.82, 2.24) is 19.7 Å². The fraction of sp³-hybridized carbons (Fsp3) is 0.385. The maximum absolute atomic E-state index is 14.1. The van der Waals surface area contributed by atoms with Gasteiger partial charge in [0.2, 0.25) is 0 Å². The second-order valence-electron chi connectivity index (χ2n) is 9.69. The molecule has 0 spiro atoms. The number of rotatable bonds is 4. The van der Waals surface area contributed by atoms with Gasteiger partial charge in [-0.05, 0) is 63.3 Å². The van der Waals surface area contributed by atoms with Crippen LogP contribution in [0.3, 0.4) is 0 Å². The maximum atomic E-state index is 14.1. The summed E-state index contributed by atoms with van der Waals surface area (Å²) in [5, 5.41) is 26.5. The van der Waals surface area contributed by atoms with Crippen molar-refractivity contribution in [1.29, 1.82) is 0 Å². The van der Waals surface area contributed by atoms with E-state index in [1.165, 1.54) is 6.07 Å². The van der Waals surface area contributed by atoms with Crippen LogP contribution in [-0.4, -0.2) is 35.6 Å². The summed E-state index contributed by atoms with van der Waals surface area (Å²) >= 11 is 6.33.